The van der Waals surface area contributed by atoms with E-state index in [2.05, 4.69) is 15.5 Å². The molecule has 0 bridgehead atoms. The van der Waals surface area contributed by atoms with Crippen LogP contribution in [0, 0.1) is 6.92 Å². The maximum absolute atomic E-state index is 5.12. The summed E-state index contributed by atoms with van der Waals surface area (Å²) in [4.78, 5) is 0. The van der Waals surface area contributed by atoms with E-state index in [-0.39, 0.29) is 0 Å². The van der Waals surface area contributed by atoms with Crippen molar-refractivity contribution in [2.24, 2.45) is 0 Å². The lowest BCUT2D eigenvalue weighted by atomic mass is 10.1. The van der Waals surface area contributed by atoms with Crippen LogP contribution in [-0.2, 0) is 0 Å². The Morgan fingerprint density at radius 1 is 1.12 bits per heavy atom. The third-order valence-electron chi connectivity index (χ3n) is 2.61. The SMILES string of the molecule is CNc1nnc(-c2ccc(OC)cc2)cc1C. The van der Waals surface area contributed by atoms with Crippen molar-refractivity contribution in [2.75, 3.05) is 19.5 Å². The van der Waals surface area contributed by atoms with Gasteiger partial charge in [0.15, 0.2) is 5.82 Å². The second-order valence-electron chi connectivity index (χ2n) is 3.74. The minimum Gasteiger partial charge on any atom is -0.497 e. The van der Waals surface area contributed by atoms with E-state index in [0.717, 1.165) is 28.4 Å². The third kappa shape index (κ3) is 2.36. The highest BCUT2D eigenvalue weighted by atomic mass is 16.5. The molecule has 0 spiro atoms. The number of methoxy groups -OCH3 is 1. The molecule has 0 atom stereocenters. The van der Waals surface area contributed by atoms with Gasteiger partial charge in [0.2, 0.25) is 0 Å². The Morgan fingerprint density at radius 2 is 1.82 bits per heavy atom. The summed E-state index contributed by atoms with van der Waals surface area (Å²) in [5.41, 5.74) is 2.97. The fourth-order valence-corrected chi connectivity index (χ4v) is 1.64. The van der Waals surface area contributed by atoms with Crippen LogP contribution in [0.3, 0.4) is 0 Å². The summed E-state index contributed by atoms with van der Waals surface area (Å²) in [7, 11) is 3.49. The molecule has 0 aliphatic rings. The van der Waals surface area contributed by atoms with Gasteiger partial charge in [-0.3, -0.25) is 0 Å². The minimum atomic E-state index is 0.808. The molecule has 17 heavy (non-hydrogen) atoms. The van der Waals surface area contributed by atoms with E-state index in [4.69, 9.17) is 4.74 Å². The number of anilines is 1. The molecule has 0 aliphatic carbocycles. The average molecular weight is 229 g/mol. The van der Waals surface area contributed by atoms with Crippen molar-refractivity contribution in [3.05, 3.63) is 35.9 Å². The van der Waals surface area contributed by atoms with Gasteiger partial charge in [0.25, 0.3) is 0 Å². The number of nitrogens with one attached hydrogen (secondary N) is 1. The van der Waals surface area contributed by atoms with Gasteiger partial charge >= 0.3 is 0 Å². The molecule has 0 radical (unpaired) electrons. The second-order valence-corrected chi connectivity index (χ2v) is 3.74. The topological polar surface area (TPSA) is 47.0 Å². The zero-order valence-corrected chi connectivity index (χ0v) is 10.2. The first-order valence-corrected chi connectivity index (χ1v) is 5.41. The highest BCUT2D eigenvalue weighted by Crippen LogP contribution is 2.22. The quantitative estimate of drug-likeness (QED) is 0.878. The summed E-state index contributed by atoms with van der Waals surface area (Å²) in [6.45, 7) is 2.01. The molecule has 0 amide bonds. The van der Waals surface area contributed by atoms with Crippen LogP contribution in [0.4, 0.5) is 5.82 Å². The van der Waals surface area contributed by atoms with Crippen LogP contribution in [0.25, 0.3) is 11.3 Å². The Morgan fingerprint density at radius 3 is 2.35 bits per heavy atom. The average Bonchev–Trinajstić information content (AvgIpc) is 2.39. The maximum atomic E-state index is 5.12. The van der Waals surface area contributed by atoms with Crippen molar-refractivity contribution in [3.8, 4) is 17.0 Å². The summed E-state index contributed by atoms with van der Waals surface area (Å²) >= 11 is 0. The van der Waals surface area contributed by atoms with Crippen LogP contribution in [0.1, 0.15) is 5.56 Å². The minimum absolute atomic E-state index is 0.808. The van der Waals surface area contributed by atoms with Gasteiger partial charge in [0.05, 0.1) is 12.8 Å². The van der Waals surface area contributed by atoms with Crippen molar-refractivity contribution in [3.63, 3.8) is 0 Å². The Kier molecular flexibility index (Phi) is 3.23. The Hall–Kier alpha value is -2.10. The molecule has 0 saturated heterocycles. The highest BCUT2D eigenvalue weighted by molar-refractivity contribution is 5.62. The third-order valence-corrected chi connectivity index (χ3v) is 2.61. The molecule has 1 aromatic heterocycles. The van der Waals surface area contributed by atoms with E-state index < -0.39 is 0 Å². The first kappa shape index (κ1) is 11.4. The summed E-state index contributed by atoms with van der Waals surface area (Å²) in [5, 5.41) is 11.3. The Bertz CT molecular complexity index is 509. The lowest BCUT2D eigenvalue weighted by Crippen LogP contribution is -1.98. The smallest absolute Gasteiger partial charge is 0.151 e. The number of hydrogen-bond acceptors (Lipinski definition) is 4. The predicted octanol–water partition coefficient (Wildman–Crippen LogP) is 2.50. The van der Waals surface area contributed by atoms with Crippen molar-refractivity contribution in [2.45, 2.75) is 6.92 Å². The van der Waals surface area contributed by atoms with Gasteiger partial charge in [-0.25, -0.2) is 0 Å². The molecule has 1 N–H and O–H groups in total. The van der Waals surface area contributed by atoms with Gasteiger partial charge < -0.3 is 10.1 Å². The molecule has 0 aliphatic heterocycles. The molecule has 2 rings (SSSR count). The molecule has 0 unspecified atom stereocenters. The van der Waals surface area contributed by atoms with E-state index in [0.29, 0.717) is 0 Å². The zero-order valence-electron chi connectivity index (χ0n) is 10.2. The van der Waals surface area contributed by atoms with E-state index in [1.807, 2.05) is 44.3 Å². The molecule has 4 heteroatoms. The highest BCUT2D eigenvalue weighted by Gasteiger charge is 2.04. The normalized spacial score (nSPS) is 10.1. The van der Waals surface area contributed by atoms with Crippen molar-refractivity contribution in [1.29, 1.82) is 0 Å². The van der Waals surface area contributed by atoms with Gasteiger partial charge in [-0.05, 0) is 42.8 Å². The van der Waals surface area contributed by atoms with Gasteiger partial charge in [0.1, 0.15) is 5.75 Å². The standard InChI is InChI=1S/C13H15N3O/c1-9-8-12(15-16-13(9)14-2)10-4-6-11(17-3)7-5-10/h4-8H,1-3H3,(H,14,16). The van der Waals surface area contributed by atoms with Gasteiger partial charge in [-0.1, -0.05) is 0 Å². The number of nitrogens with zero attached hydrogens (tertiary/aromatic N) is 2. The predicted molar refractivity (Wildman–Crippen MR) is 68.3 cm³/mol. The number of aryl methyl sites for hydroxylation is 1. The van der Waals surface area contributed by atoms with Gasteiger partial charge in [0, 0.05) is 12.6 Å². The molecular weight excluding hydrogens is 214 g/mol. The first-order valence-electron chi connectivity index (χ1n) is 5.41. The van der Waals surface area contributed by atoms with Crippen LogP contribution in [0.2, 0.25) is 0 Å². The zero-order chi connectivity index (χ0) is 12.3. The van der Waals surface area contributed by atoms with E-state index in [9.17, 15) is 0 Å². The van der Waals surface area contributed by atoms with Crippen LogP contribution in [0.5, 0.6) is 5.75 Å². The molecule has 1 heterocycles. The number of rotatable bonds is 3. The number of ether oxygens (including phenoxy) is 1. The van der Waals surface area contributed by atoms with Crippen LogP contribution >= 0.6 is 0 Å². The maximum Gasteiger partial charge on any atom is 0.151 e. The Balaban J connectivity index is 2.35. The van der Waals surface area contributed by atoms with Crippen molar-refractivity contribution < 1.29 is 4.74 Å². The molecule has 0 fully saturated rings. The van der Waals surface area contributed by atoms with Crippen molar-refractivity contribution in [1.82, 2.24) is 10.2 Å². The summed E-state index contributed by atoms with van der Waals surface area (Å²) in [6, 6.07) is 9.79. The first-order chi connectivity index (χ1) is 8.24. The second kappa shape index (κ2) is 4.82. The number of hydrogen-bond donors (Lipinski definition) is 1. The van der Waals surface area contributed by atoms with Crippen LogP contribution in [-0.4, -0.2) is 24.4 Å². The van der Waals surface area contributed by atoms with Gasteiger partial charge in [-0.2, -0.15) is 0 Å². The fourth-order valence-electron chi connectivity index (χ4n) is 1.64. The van der Waals surface area contributed by atoms with E-state index in [1.54, 1.807) is 7.11 Å². The molecule has 2 aromatic rings. The lowest BCUT2D eigenvalue weighted by Gasteiger charge is -2.06. The summed E-state index contributed by atoms with van der Waals surface area (Å²) in [5.74, 6) is 1.65. The van der Waals surface area contributed by atoms with E-state index in [1.165, 1.54) is 0 Å². The molecular formula is C13H15N3O. The monoisotopic (exact) mass is 229 g/mol. The molecule has 0 saturated carbocycles. The largest absolute Gasteiger partial charge is 0.497 e. The number of aromatic nitrogens is 2. The lowest BCUT2D eigenvalue weighted by molar-refractivity contribution is 0.415. The molecule has 88 valence electrons. The van der Waals surface area contributed by atoms with Crippen molar-refractivity contribution >= 4 is 5.82 Å². The van der Waals surface area contributed by atoms with Gasteiger partial charge in [-0.15, -0.1) is 10.2 Å². The Labute approximate surface area is 101 Å². The summed E-state index contributed by atoms with van der Waals surface area (Å²) in [6.07, 6.45) is 0. The van der Waals surface area contributed by atoms with E-state index >= 15 is 0 Å². The fraction of sp³-hybridized carbons (Fsp3) is 0.231. The summed E-state index contributed by atoms with van der Waals surface area (Å²) < 4.78 is 5.12. The van der Waals surface area contributed by atoms with Crippen LogP contribution < -0.4 is 10.1 Å². The molecule has 1 aromatic carbocycles. The molecule has 4 nitrogen and oxygen atoms in total. The van der Waals surface area contributed by atoms with Crippen LogP contribution in [0.15, 0.2) is 30.3 Å². The number of benzene rings is 1.